The molecule has 0 radical (unpaired) electrons. The largest absolute Gasteiger partial charge is 0.321 e. The maximum Gasteiger partial charge on any atom is 0.139 e. The van der Waals surface area contributed by atoms with Gasteiger partial charge in [-0.25, -0.2) is 0 Å². The number of piperazine rings is 1. The van der Waals surface area contributed by atoms with Crippen LogP contribution in [0.4, 0.5) is 0 Å². The number of hydrogen-bond donors (Lipinski definition) is 2. The molecule has 5 aliphatic rings. The van der Waals surface area contributed by atoms with Gasteiger partial charge >= 0.3 is 0 Å². The van der Waals surface area contributed by atoms with Crippen LogP contribution in [-0.4, -0.2) is 38.3 Å². The molecule has 122 valence electrons. The fourth-order valence-electron chi connectivity index (χ4n) is 6.56. The highest BCUT2D eigenvalue weighted by Gasteiger charge is 2.56. The molecule has 4 aliphatic carbocycles. The molecule has 0 amide bonds. The van der Waals surface area contributed by atoms with Crippen molar-refractivity contribution in [2.24, 2.45) is 17.8 Å². The summed E-state index contributed by atoms with van der Waals surface area (Å²) in [6, 6.07) is 0. The molecule has 5 rings (SSSR count). The fraction of sp³-hybridized carbons (Fsp3) is 0.900. The SMILES string of the molecule is CCCC#CC[NH+]1CC[NH+](C23CC4CC(CC(C4)C2)C3)CC1. The summed E-state index contributed by atoms with van der Waals surface area (Å²) in [4.78, 5) is 3.74. The van der Waals surface area contributed by atoms with Gasteiger partial charge in [0.05, 0.1) is 5.54 Å². The van der Waals surface area contributed by atoms with Gasteiger partial charge in [-0.3, -0.25) is 0 Å². The Morgan fingerprint density at radius 2 is 1.45 bits per heavy atom. The lowest BCUT2D eigenvalue weighted by atomic mass is 9.52. The highest BCUT2D eigenvalue weighted by molar-refractivity contribution is 5.02. The van der Waals surface area contributed by atoms with Crippen LogP contribution >= 0.6 is 0 Å². The zero-order valence-electron chi connectivity index (χ0n) is 14.4. The number of rotatable bonds is 3. The molecule has 2 heteroatoms. The van der Waals surface area contributed by atoms with E-state index in [4.69, 9.17) is 0 Å². The molecular weight excluding hydrogens is 268 g/mol. The van der Waals surface area contributed by atoms with Crippen LogP contribution in [0.1, 0.15) is 58.3 Å². The second-order valence-electron chi connectivity index (χ2n) is 8.83. The Hall–Kier alpha value is -0.520. The molecule has 0 aromatic heterocycles. The molecule has 5 fully saturated rings. The lowest BCUT2D eigenvalue weighted by molar-refractivity contribution is -1.04. The Labute approximate surface area is 136 Å². The van der Waals surface area contributed by atoms with Gasteiger partial charge in [0.1, 0.15) is 32.7 Å². The van der Waals surface area contributed by atoms with Crippen molar-refractivity contribution in [3.05, 3.63) is 0 Å². The van der Waals surface area contributed by atoms with Gasteiger partial charge in [0.15, 0.2) is 0 Å². The second kappa shape index (κ2) is 6.17. The fourth-order valence-corrected chi connectivity index (χ4v) is 6.56. The third-order valence-corrected chi connectivity index (χ3v) is 7.19. The molecule has 4 bridgehead atoms. The summed E-state index contributed by atoms with van der Waals surface area (Å²) in [5, 5.41) is 0. The van der Waals surface area contributed by atoms with Crippen molar-refractivity contribution < 1.29 is 9.80 Å². The van der Waals surface area contributed by atoms with E-state index < -0.39 is 0 Å². The van der Waals surface area contributed by atoms with E-state index >= 15 is 0 Å². The van der Waals surface area contributed by atoms with Crippen LogP contribution in [0.25, 0.3) is 0 Å². The predicted octanol–water partition coefficient (Wildman–Crippen LogP) is 0.542. The van der Waals surface area contributed by atoms with E-state index in [2.05, 4.69) is 18.8 Å². The van der Waals surface area contributed by atoms with Gasteiger partial charge in [0.2, 0.25) is 0 Å². The zero-order chi connectivity index (χ0) is 15.0. The lowest BCUT2D eigenvalue weighted by Crippen LogP contribution is -3.32. The molecule has 1 heterocycles. The van der Waals surface area contributed by atoms with Crippen molar-refractivity contribution in [3.8, 4) is 11.8 Å². The molecule has 0 atom stereocenters. The summed E-state index contributed by atoms with van der Waals surface area (Å²) in [6.45, 7) is 8.85. The molecule has 2 nitrogen and oxygen atoms in total. The van der Waals surface area contributed by atoms with Crippen LogP contribution in [0.3, 0.4) is 0 Å². The van der Waals surface area contributed by atoms with E-state index in [9.17, 15) is 0 Å². The number of quaternary nitrogens is 2. The maximum atomic E-state index is 3.41. The first-order chi connectivity index (χ1) is 10.8. The number of unbranched alkanes of at least 4 members (excludes halogenated alkanes) is 1. The van der Waals surface area contributed by atoms with Crippen molar-refractivity contribution in [1.82, 2.24) is 0 Å². The topological polar surface area (TPSA) is 8.88 Å². The summed E-state index contributed by atoms with van der Waals surface area (Å²) < 4.78 is 0. The van der Waals surface area contributed by atoms with Crippen LogP contribution in [-0.2, 0) is 0 Å². The van der Waals surface area contributed by atoms with E-state index in [0.29, 0.717) is 5.54 Å². The van der Waals surface area contributed by atoms with Gasteiger partial charge in [-0.1, -0.05) is 12.8 Å². The Kier molecular flexibility index (Phi) is 4.22. The van der Waals surface area contributed by atoms with Gasteiger partial charge in [0.25, 0.3) is 0 Å². The average Bonchev–Trinajstić information content (AvgIpc) is 2.51. The molecule has 2 N–H and O–H groups in total. The minimum Gasteiger partial charge on any atom is -0.321 e. The zero-order valence-corrected chi connectivity index (χ0v) is 14.4. The van der Waals surface area contributed by atoms with E-state index in [-0.39, 0.29) is 0 Å². The maximum absolute atomic E-state index is 3.41. The van der Waals surface area contributed by atoms with E-state index in [0.717, 1.165) is 30.7 Å². The Balaban J connectivity index is 1.33. The summed E-state index contributed by atoms with van der Waals surface area (Å²) >= 11 is 0. The van der Waals surface area contributed by atoms with Crippen molar-refractivity contribution in [2.45, 2.75) is 63.8 Å². The van der Waals surface area contributed by atoms with Gasteiger partial charge < -0.3 is 9.80 Å². The summed E-state index contributed by atoms with van der Waals surface area (Å²) in [6.07, 6.45) is 11.7. The van der Waals surface area contributed by atoms with Gasteiger partial charge in [-0.15, -0.1) is 0 Å². The highest BCUT2D eigenvalue weighted by atomic mass is 15.3. The van der Waals surface area contributed by atoms with Gasteiger partial charge in [-0.2, -0.15) is 0 Å². The standard InChI is InChI=1S/C20H32N2/c1-2-3-4-5-6-21-7-9-22(10-8-21)20-14-17-11-18(15-20)13-19(12-17)16-20/h17-19H,2-3,6-16H2,1H3/p+2. The lowest BCUT2D eigenvalue weighted by Gasteiger charge is -2.58. The predicted molar refractivity (Wildman–Crippen MR) is 89.8 cm³/mol. The summed E-state index contributed by atoms with van der Waals surface area (Å²) in [7, 11) is 0. The van der Waals surface area contributed by atoms with Crippen molar-refractivity contribution in [3.63, 3.8) is 0 Å². The normalized spacial score (nSPS) is 46.3. The van der Waals surface area contributed by atoms with Crippen molar-refractivity contribution >= 4 is 0 Å². The summed E-state index contributed by atoms with van der Waals surface area (Å²) in [5.41, 5.74) is 0.716. The Bertz CT molecular complexity index is 415. The van der Waals surface area contributed by atoms with E-state index in [1.807, 2.05) is 4.90 Å². The second-order valence-corrected chi connectivity index (χ2v) is 8.83. The Morgan fingerprint density at radius 3 is 2.00 bits per heavy atom. The highest BCUT2D eigenvalue weighted by Crippen LogP contribution is 2.54. The van der Waals surface area contributed by atoms with Crippen LogP contribution in [0, 0.1) is 29.6 Å². The summed E-state index contributed by atoms with van der Waals surface area (Å²) in [5.74, 6) is 10.0. The quantitative estimate of drug-likeness (QED) is 0.704. The first kappa shape index (κ1) is 15.0. The molecule has 0 unspecified atom stereocenters. The van der Waals surface area contributed by atoms with E-state index in [1.54, 1.807) is 43.4 Å². The minimum absolute atomic E-state index is 0.716. The van der Waals surface area contributed by atoms with Crippen LogP contribution in [0.5, 0.6) is 0 Å². The first-order valence-corrected chi connectivity index (χ1v) is 9.92. The van der Waals surface area contributed by atoms with Crippen molar-refractivity contribution in [1.29, 1.82) is 0 Å². The van der Waals surface area contributed by atoms with Gasteiger partial charge in [0, 0.05) is 25.7 Å². The molecule has 4 saturated carbocycles. The molecule has 22 heavy (non-hydrogen) atoms. The molecule has 1 saturated heterocycles. The number of hydrogen-bond acceptors (Lipinski definition) is 0. The third-order valence-electron chi connectivity index (χ3n) is 7.19. The first-order valence-electron chi connectivity index (χ1n) is 9.92. The smallest absolute Gasteiger partial charge is 0.139 e. The molecule has 0 spiro atoms. The molecular formula is C20H34N2+2. The molecule has 0 aromatic carbocycles. The average molecular weight is 303 g/mol. The third kappa shape index (κ3) is 2.83. The molecule has 0 aromatic rings. The van der Waals surface area contributed by atoms with E-state index in [1.165, 1.54) is 32.6 Å². The van der Waals surface area contributed by atoms with Crippen molar-refractivity contribution in [2.75, 3.05) is 32.7 Å². The number of nitrogens with one attached hydrogen (secondary N) is 2. The monoisotopic (exact) mass is 302 g/mol. The van der Waals surface area contributed by atoms with Crippen LogP contribution < -0.4 is 9.80 Å². The van der Waals surface area contributed by atoms with Crippen LogP contribution in [0.15, 0.2) is 0 Å². The minimum atomic E-state index is 0.716. The molecule has 1 aliphatic heterocycles. The Morgan fingerprint density at radius 1 is 0.864 bits per heavy atom. The van der Waals surface area contributed by atoms with Gasteiger partial charge in [-0.05, 0) is 49.4 Å². The van der Waals surface area contributed by atoms with Crippen LogP contribution in [0.2, 0.25) is 0 Å².